The van der Waals surface area contributed by atoms with Gasteiger partial charge in [0.2, 0.25) is 0 Å². The molecule has 0 saturated carbocycles. The molecule has 23 heavy (non-hydrogen) atoms. The molecule has 1 heterocycles. The van der Waals surface area contributed by atoms with Crippen LogP contribution in [-0.4, -0.2) is 8.42 Å². The lowest BCUT2D eigenvalue weighted by Crippen LogP contribution is -2.13. The van der Waals surface area contributed by atoms with Crippen molar-refractivity contribution in [3.8, 4) is 10.4 Å². The third-order valence-corrected chi connectivity index (χ3v) is 5.93. The van der Waals surface area contributed by atoms with Crippen molar-refractivity contribution in [3.63, 3.8) is 0 Å². The quantitative estimate of drug-likeness (QED) is 0.700. The molecule has 0 atom stereocenters. The maximum Gasteiger partial charge on any atom is 0.262 e. The Bertz CT molecular complexity index is 946. The normalized spacial score (nSPS) is 11.3. The van der Waals surface area contributed by atoms with Crippen molar-refractivity contribution in [1.29, 1.82) is 0 Å². The first-order valence-electron chi connectivity index (χ1n) is 6.98. The summed E-state index contributed by atoms with van der Waals surface area (Å²) in [6.07, 6.45) is 0. The van der Waals surface area contributed by atoms with E-state index in [1.807, 2.05) is 36.4 Å². The Labute approximate surface area is 139 Å². The van der Waals surface area contributed by atoms with Gasteiger partial charge >= 0.3 is 0 Å². The topological polar surface area (TPSA) is 72.2 Å². The molecule has 0 spiro atoms. The molecule has 3 N–H and O–H groups in total. The van der Waals surface area contributed by atoms with Gasteiger partial charge in [-0.1, -0.05) is 30.3 Å². The molecule has 3 aromatic rings. The number of nitrogens with two attached hydrogens (primary N) is 1. The number of hydrogen-bond acceptors (Lipinski definition) is 4. The summed E-state index contributed by atoms with van der Waals surface area (Å²) < 4.78 is 27.6. The van der Waals surface area contributed by atoms with E-state index in [4.69, 9.17) is 5.73 Å². The van der Waals surface area contributed by atoms with E-state index in [0.717, 1.165) is 10.4 Å². The molecule has 0 aliphatic carbocycles. The van der Waals surface area contributed by atoms with Crippen molar-refractivity contribution >= 4 is 32.7 Å². The molecule has 0 amide bonds. The fraction of sp³-hybridized carbons (Fsp3) is 0.0588. The molecule has 118 valence electrons. The van der Waals surface area contributed by atoms with E-state index >= 15 is 0 Å². The number of aryl methyl sites for hydroxylation is 1. The number of rotatable bonds is 4. The third-order valence-electron chi connectivity index (χ3n) is 3.41. The smallest absolute Gasteiger partial charge is 0.262 e. The fourth-order valence-corrected chi connectivity index (χ4v) is 4.50. The molecule has 3 rings (SSSR count). The van der Waals surface area contributed by atoms with Gasteiger partial charge in [0.25, 0.3) is 10.0 Å². The summed E-state index contributed by atoms with van der Waals surface area (Å²) >= 11 is 1.47. The van der Waals surface area contributed by atoms with Crippen molar-refractivity contribution in [2.75, 3.05) is 10.5 Å². The van der Waals surface area contributed by atoms with Gasteiger partial charge in [0.1, 0.15) is 0 Å². The summed E-state index contributed by atoms with van der Waals surface area (Å²) in [4.78, 5) is 1.25. The van der Waals surface area contributed by atoms with Crippen LogP contribution in [0.2, 0.25) is 0 Å². The molecule has 0 unspecified atom stereocenters. The van der Waals surface area contributed by atoms with Crippen LogP contribution in [0.4, 0.5) is 11.4 Å². The van der Waals surface area contributed by atoms with Gasteiger partial charge in [-0.05, 0) is 42.3 Å². The SMILES string of the molecule is Cc1ccccc1S(=O)(=O)Nc1csc(-c2cccc(N)c2)c1. The summed E-state index contributed by atoms with van der Waals surface area (Å²) in [5.74, 6) is 0. The van der Waals surface area contributed by atoms with Crippen LogP contribution in [0, 0.1) is 6.92 Å². The number of nitrogens with one attached hydrogen (secondary N) is 1. The highest BCUT2D eigenvalue weighted by Gasteiger charge is 2.17. The van der Waals surface area contributed by atoms with Crippen molar-refractivity contribution in [3.05, 3.63) is 65.5 Å². The van der Waals surface area contributed by atoms with E-state index in [1.54, 1.807) is 30.5 Å². The van der Waals surface area contributed by atoms with E-state index in [1.165, 1.54) is 11.3 Å². The van der Waals surface area contributed by atoms with Crippen LogP contribution in [-0.2, 0) is 10.0 Å². The highest BCUT2D eigenvalue weighted by Crippen LogP contribution is 2.32. The molecule has 0 saturated heterocycles. The number of thiophene rings is 1. The van der Waals surface area contributed by atoms with E-state index in [2.05, 4.69) is 4.72 Å². The average Bonchev–Trinajstić information content (AvgIpc) is 2.95. The summed E-state index contributed by atoms with van der Waals surface area (Å²) in [6, 6.07) is 16.2. The average molecular weight is 344 g/mol. The highest BCUT2D eigenvalue weighted by molar-refractivity contribution is 7.92. The van der Waals surface area contributed by atoms with Crippen LogP contribution in [0.25, 0.3) is 10.4 Å². The minimum atomic E-state index is -3.59. The maximum absolute atomic E-state index is 12.5. The predicted octanol–water partition coefficient (Wildman–Crippen LogP) is 4.11. The van der Waals surface area contributed by atoms with Crippen molar-refractivity contribution in [2.24, 2.45) is 0 Å². The Kier molecular flexibility index (Phi) is 4.11. The first-order chi connectivity index (χ1) is 11.0. The van der Waals surface area contributed by atoms with Crippen LogP contribution in [0.5, 0.6) is 0 Å². The van der Waals surface area contributed by atoms with Crippen molar-refractivity contribution < 1.29 is 8.42 Å². The van der Waals surface area contributed by atoms with E-state index < -0.39 is 10.0 Å². The zero-order valence-corrected chi connectivity index (χ0v) is 14.1. The third kappa shape index (κ3) is 3.38. The van der Waals surface area contributed by atoms with E-state index in [9.17, 15) is 8.42 Å². The Hall–Kier alpha value is -2.31. The molecule has 0 fully saturated rings. The van der Waals surface area contributed by atoms with Gasteiger partial charge in [0.05, 0.1) is 10.6 Å². The maximum atomic E-state index is 12.5. The Morgan fingerprint density at radius 2 is 1.83 bits per heavy atom. The zero-order valence-electron chi connectivity index (χ0n) is 12.5. The second-order valence-electron chi connectivity index (χ2n) is 5.20. The number of benzene rings is 2. The Balaban J connectivity index is 1.89. The minimum absolute atomic E-state index is 0.289. The summed E-state index contributed by atoms with van der Waals surface area (Å²) in [6.45, 7) is 1.78. The van der Waals surface area contributed by atoms with E-state index in [-0.39, 0.29) is 4.90 Å². The molecule has 6 heteroatoms. The zero-order chi connectivity index (χ0) is 16.4. The lowest BCUT2D eigenvalue weighted by atomic mass is 10.2. The Morgan fingerprint density at radius 1 is 1.04 bits per heavy atom. The lowest BCUT2D eigenvalue weighted by molar-refractivity contribution is 0.600. The predicted molar refractivity (Wildman–Crippen MR) is 96.2 cm³/mol. The molecule has 0 radical (unpaired) electrons. The van der Waals surface area contributed by atoms with Crippen LogP contribution in [0.3, 0.4) is 0 Å². The van der Waals surface area contributed by atoms with Crippen LogP contribution in [0.15, 0.2) is 64.9 Å². The molecule has 0 aliphatic rings. The van der Waals surface area contributed by atoms with Crippen LogP contribution < -0.4 is 10.5 Å². The van der Waals surface area contributed by atoms with Gasteiger partial charge in [-0.15, -0.1) is 11.3 Å². The van der Waals surface area contributed by atoms with Crippen molar-refractivity contribution in [2.45, 2.75) is 11.8 Å². The summed E-state index contributed by atoms with van der Waals surface area (Å²) in [5, 5.41) is 1.79. The summed E-state index contributed by atoms with van der Waals surface area (Å²) in [5.41, 5.74) is 8.70. The van der Waals surface area contributed by atoms with Crippen molar-refractivity contribution in [1.82, 2.24) is 0 Å². The molecular weight excluding hydrogens is 328 g/mol. The van der Waals surface area contributed by atoms with Gasteiger partial charge in [0.15, 0.2) is 0 Å². The first kappa shape index (κ1) is 15.6. The van der Waals surface area contributed by atoms with Gasteiger partial charge in [-0.2, -0.15) is 0 Å². The standard InChI is InChI=1S/C17H16N2O2S2/c1-12-5-2-3-8-17(12)23(20,21)19-15-10-16(22-11-15)13-6-4-7-14(18)9-13/h2-11,19H,18H2,1H3. The minimum Gasteiger partial charge on any atom is -0.399 e. The molecule has 4 nitrogen and oxygen atoms in total. The van der Waals surface area contributed by atoms with Crippen LogP contribution in [0.1, 0.15) is 5.56 Å². The molecule has 0 bridgehead atoms. The molecule has 1 aromatic heterocycles. The van der Waals surface area contributed by atoms with Crippen LogP contribution >= 0.6 is 11.3 Å². The molecular formula is C17H16N2O2S2. The molecule has 0 aliphatic heterocycles. The number of sulfonamides is 1. The highest BCUT2D eigenvalue weighted by atomic mass is 32.2. The monoisotopic (exact) mass is 344 g/mol. The second kappa shape index (κ2) is 6.06. The largest absolute Gasteiger partial charge is 0.399 e. The number of nitrogen functional groups attached to an aromatic ring is 1. The fourth-order valence-electron chi connectivity index (χ4n) is 2.30. The second-order valence-corrected chi connectivity index (χ2v) is 7.76. The van der Waals surface area contributed by atoms with Gasteiger partial charge in [-0.3, -0.25) is 4.72 Å². The van der Waals surface area contributed by atoms with Gasteiger partial charge in [0, 0.05) is 15.9 Å². The Morgan fingerprint density at radius 3 is 2.57 bits per heavy atom. The number of hydrogen-bond donors (Lipinski definition) is 2. The van der Waals surface area contributed by atoms with E-state index in [0.29, 0.717) is 16.9 Å². The molecule has 2 aromatic carbocycles. The summed E-state index contributed by atoms with van der Waals surface area (Å²) in [7, 11) is -3.59. The number of anilines is 2. The van der Waals surface area contributed by atoms with Gasteiger partial charge in [-0.25, -0.2) is 8.42 Å². The van der Waals surface area contributed by atoms with Gasteiger partial charge < -0.3 is 5.73 Å². The lowest BCUT2D eigenvalue weighted by Gasteiger charge is -2.08. The first-order valence-corrected chi connectivity index (χ1v) is 9.35.